The number of aromatic amines is 1. The van der Waals surface area contributed by atoms with Crippen LogP contribution in [0.15, 0.2) is 10.9 Å². The number of H-pyrrole nitrogens is 1. The number of fused-ring (bicyclic) bond motifs is 4. The highest BCUT2D eigenvalue weighted by Crippen LogP contribution is 2.40. The van der Waals surface area contributed by atoms with Crippen molar-refractivity contribution in [1.29, 1.82) is 0 Å². The van der Waals surface area contributed by atoms with Gasteiger partial charge in [0, 0.05) is 24.1 Å². The van der Waals surface area contributed by atoms with E-state index in [1.54, 1.807) is 17.9 Å². The lowest BCUT2D eigenvalue weighted by Crippen LogP contribution is -2.50. The van der Waals surface area contributed by atoms with E-state index in [2.05, 4.69) is 10.2 Å². The zero-order chi connectivity index (χ0) is 13.4. The van der Waals surface area contributed by atoms with Gasteiger partial charge in [-0.05, 0) is 26.2 Å². The zero-order valence-electron chi connectivity index (χ0n) is 10.9. The lowest BCUT2D eigenvalue weighted by atomic mass is 9.83. The second kappa shape index (κ2) is 4.68. The Morgan fingerprint density at radius 2 is 2.42 bits per heavy atom. The summed E-state index contributed by atoms with van der Waals surface area (Å²) in [6, 6.07) is 1.65. The minimum atomic E-state index is -0.275. The maximum atomic E-state index is 12.1. The summed E-state index contributed by atoms with van der Waals surface area (Å²) >= 11 is 0. The predicted molar refractivity (Wildman–Crippen MR) is 67.8 cm³/mol. The third-order valence-electron chi connectivity index (χ3n) is 3.93. The Morgan fingerprint density at radius 1 is 1.58 bits per heavy atom. The van der Waals surface area contributed by atoms with E-state index >= 15 is 0 Å². The molecule has 0 spiro atoms. The Bertz CT molecular complexity index is 554. The molecular formula is C13H17N3O3. The van der Waals surface area contributed by atoms with Crippen LogP contribution in [0.25, 0.3) is 0 Å². The van der Waals surface area contributed by atoms with Gasteiger partial charge in [0.1, 0.15) is 0 Å². The van der Waals surface area contributed by atoms with Crippen LogP contribution in [0.5, 0.6) is 0 Å². The summed E-state index contributed by atoms with van der Waals surface area (Å²) in [6.07, 6.45) is 3.32. The van der Waals surface area contributed by atoms with Crippen LogP contribution in [0, 0.1) is 0 Å². The lowest BCUT2D eigenvalue weighted by molar-refractivity contribution is 0.0402. The van der Waals surface area contributed by atoms with Crippen molar-refractivity contribution in [2.24, 2.45) is 0 Å². The maximum Gasteiger partial charge on any atom is 0.410 e. The molecule has 6 heteroatoms. The van der Waals surface area contributed by atoms with Crippen LogP contribution in [0.2, 0.25) is 0 Å². The van der Waals surface area contributed by atoms with Gasteiger partial charge in [-0.2, -0.15) is 5.10 Å². The quantitative estimate of drug-likeness (QED) is 0.830. The fraction of sp³-hybridized carbons (Fsp3) is 0.615. The minimum Gasteiger partial charge on any atom is -0.450 e. The summed E-state index contributed by atoms with van der Waals surface area (Å²) in [5.41, 5.74) is 1.58. The first-order chi connectivity index (χ1) is 9.20. The first kappa shape index (κ1) is 12.2. The Kier molecular flexibility index (Phi) is 3.00. The average molecular weight is 263 g/mol. The first-order valence-corrected chi connectivity index (χ1v) is 6.74. The summed E-state index contributed by atoms with van der Waals surface area (Å²) in [4.78, 5) is 25.4. The molecule has 3 rings (SSSR count). The molecule has 2 unspecified atom stereocenters. The van der Waals surface area contributed by atoms with Crippen LogP contribution in [0.1, 0.15) is 43.5 Å². The van der Waals surface area contributed by atoms with Crippen LogP contribution >= 0.6 is 0 Å². The standard InChI is InChI=1S/C13H17N3O3/c1-2-19-13(18)16-8-4-3-5-11(16)9-7-12(17)15-14-10(9)6-8/h7-8,11H,2-6H2,1H3,(H,15,17). The van der Waals surface area contributed by atoms with Crippen LogP contribution in [-0.4, -0.2) is 33.8 Å². The average Bonchev–Trinajstić information content (AvgIpc) is 2.39. The molecule has 0 radical (unpaired) electrons. The smallest absolute Gasteiger partial charge is 0.410 e. The molecule has 19 heavy (non-hydrogen) atoms. The number of nitrogens with zero attached hydrogens (tertiary/aromatic N) is 2. The second-order valence-corrected chi connectivity index (χ2v) is 5.05. The number of aromatic nitrogens is 2. The Hall–Kier alpha value is -1.85. The Balaban J connectivity index is 2.01. The fourth-order valence-electron chi connectivity index (χ4n) is 3.18. The van der Waals surface area contributed by atoms with E-state index in [0.29, 0.717) is 13.0 Å². The molecule has 2 aliphatic rings. The highest BCUT2D eigenvalue weighted by atomic mass is 16.6. The van der Waals surface area contributed by atoms with Gasteiger partial charge in [0.05, 0.1) is 18.3 Å². The molecule has 1 saturated heterocycles. The van der Waals surface area contributed by atoms with Crippen molar-refractivity contribution in [2.45, 2.75) is 44.7 Å². The molecule has 3 heterocycles. The molecule has 0 aliphatic carbocycles. The molecule has 0 saturated carbocycles. The summed E-state index contributed by atoms with van der Waals surface area (Å²) in [7, 11) is 0. The van der Waals surface area contributed by atoms with Crippen molar-refractivity contribution < 1.29 is 9.53 Å². The molecule has 1 amide bonds. The molecule has 2 aliphatic heterocycles. The summed E-state index contributed by atoms with van der Waals surface area (Å²) in [6.45, 7) is 2.17. The number of piperidine rings is 1. The third kappa shape index (κ3) is 2.01. The molecule has 102 valence electrons. The van der Waals surface area contributed by atoms with Crippen LogP contribution in [-0.2, 0) is 11.2 Å². The number of carbonyl (C=O) groups is 1. The van der Waals surface area contributed by atoms with Crippen LogP contribution < -0.4 is 5.56 Å². The largest absolute Gasteiger partial charge is 0.450 e. The van der Waals surface area contributed by atoms with Gasteiger partial charge in [0.15, 0.2) is 0 Å². The number of hydrogen-bond donors (Lipinski definition) is 1. The zero-order valence-corrected chi connectivity index (χ0v) is 10.9. The van der Waals surface area contributed by atoms with Gasteiger partial charge >= 0.3 is 6.09 Å². The van der Waals surface area contributed by atoms with Crippen molar-refractivity contribution in [3.63, 3.8) is 0 Å². The van der Waals surface area contributed by atoms with E-state index in [1.807, 2.05) is 0 Å². The molecule has 1 aromatic heterocycles. The SMILES string of the molecule is CCOC(=O)N1C2CCCC1c1cc(=O)[nH]nc1C2. The van der Waals surface area contributed by atoms with Gasteiger partial charge in [0.2, 0.25) is 0 Å². The number of carbonyl (C=O) groups excluding carboxylic acids is 1. The highest BCUT2D eigenvalue weighted by molar-refractivity contribution is 5.69. The normalized spacial score (nSPS) is 24.8. The summed E-state index contributed by atoms with van der Waals surface area (Å²) < 4.78 is 5.14. The molecule has 6 nitrogen and oxygen atoms in total. The maximum absolute atomic E-state index is 12.1. The fourth-order valence-corrected chi connectivity index (χ4v) is 3.18. The van der Waals surface area contributed by atoms with Crippen molar-refractivity contribution in [3.8, 4) is 0 Å². The van der Waals surface area contributed by atoms with Gasteiger partial charge in [-0.25, -0.2) is 9.89 Å². The van der Waals surface area contributed by atoms with Crippen molar-refractivity contribution in [2.75, 3.05) is 6.61 Å². The number of amides is 1. The molecule has 2 bridgehead atoms. The number of ether oxygens (including phenoxy) is 1. The van der Waals surface area contributed by atoms with E-state index in [4.69, 9.17) is 4.74 Å². The number of nitrogens with one attached hydrogen (secondary N) is 1. The van der Waals surface area contributed by atoms with Gasteiger partial charge in [-0.1, -0.05) is 0 Å². The van der Waals surface area contributed by atoms with Gasteiger partial charge in [-0.3, -0.25) is 9.69 Å². The van der Waals surface area contributed by atoms with E-state index in [1.165, 1.54) is 0 Å². The predicted octanol–water partition coefficient (Wildman–Crippen LogP) is 1.38. The first-order valence-electron chi connectivity index (χ1n) is 6.74. The van der Waals surface area contributed by atoms with E-state index < -0.39 is 0 Å². The van der Waals surface area contributed by atoms with Crippen molar-refractivity contribution in [3.05, 3.63) is 27.7 Å². The Labute approximate surface area is 110 Å². The van der Waals surface area contributed by atoms with Crippen LogP contribution in [0.3, 0.4) is 0 Å². The van der Waals surface area contributed by atoms with E-state index in [0.717, 1.165) is 30.5 Å². The van der Waals surface area contributed by atoms with Gasteiger partial charge in [0.25, 0.3) is 5.56 Å². The lowest BCUT2D eigenvalue weighted by Gasteiger charge is -2.45. The monoisotopic (exact) mass is 263 g/mol. The van der Waals surface area contributed by atoms with Crippen molar-refractivity contribution >= 4 is 6.09 Å². The molecule has 1 aromatic rings. The number of hydrogen-bond acceptors (Lipinski definition) is 4. The summed E-state index contributed by atoms with van der Waals surface area (Å²) in [5, 5.41) is 6.60. The van der Waals surface area contributed by atoms with Gasteiger partial charge < -0.3 is 4.74 Å². The van der Waals surface area contributed by atoms with Crippen molar-refractivity contribution in [1.82, 2.24) is 15.1 Å². The molecule has 0 aromatic carbocycles. The molecule has 1 N–H and O–H groups in total. The van der Waals surface area contributed by atoms with Gasteiger partial charge in [-0.15, -0.1) is 0 Å². The Morgan fingerprint density at radius 3 is 3.21 bits per heavy atom. The third-order valence-corrected chi connectivity index (χ3v) is 3.93. The van der Waals surface area contributed by atoms with E-state index in [-0.39, 0.29) is 23.7 Å². The molecular weight excluding hydrogens is 246 g/mol. The minimum absolute atomic E-state index is 0.0589. The molecule has 1 fully saturated rings. The second-order valence-electron chi connectivity index (χ2n) is 5.05. The topological polar surface area (TPSA) is 75.3 Å². The van der Waals surface area contributed by atoms with E-state index in [9.17, 15) is 9.59 Å². The van der Waals surface area contributed by atoms with Crippen LogP contribution in [0.4, 0.5) is 4.79 Å². The summed E-state index contributed by atoms with van der Waals surface area (Å²) in [5.74, 6) is 0. The molecule has 2 atom stereocenters. The number of rotatable bonds is 1. The highest BCUT2D eigenvalue weighted by Gasteiger charge is 2.41.